The van der Waals surface area contributed by atoms with Crippen molar-refractivity contribution >= 4 is 14.0 Å². The van der Waals surface area contributed by atoms with Crippen molar-refractivity contribution in [3.8, 4) is 11.5 Å². The number of aromatic nitrogens is 2. The number of rotatable bonds is 7. The number of hydrogen-bond donors (Lipinski definition) is 2. The fourth-order valence-electron chi connectivity index (χ4n) is 4.92. The molecule has 204 valence electrons. The Morgan fingerprint density at radius 3 is 2.50 bits per heavy atom. The second kappa shape index (κ2) is 11.4. The number of alkyl halides is 3. The molecule has 0 unspecified atom stereocenters. The Morgan fingerprint density at radius 2 is 1.84 bits per heavy atom. The Kier molecular flexibility index (Phi) is 8.38. The van der Waals surface area contributed by atoms with E-state index in [1.165, 1.54) is 12.1 Å². The van der Waals surface area contributed by atoms with Gasteiger partial charge in [-0.1, -0.05) is 38.2 Å². The number of halogens is 3. The average molecular weight is 544 g/mol. The molecule has 0 radical (unpaired) electrons. The van der Waals surface area contributed by atoms with E-state index in [2.05, 4.69) is 69.2 Å². The summed E-state index contributed by atoms with van der Waals surface area (Å²) in [5.41, 5.74) is 4.17. The van der Waals surface area contributed by atoms with E-state index in [1.54, 1.807) is 0 Å². The molecule has 1 aliphatic heterocycles. The van der Waals surface area contributed by atoms with E-state index >= 15 is 0 Å². The molecule has 2 aromatic rings. The van der Waals surface area contributed by atoms with Crippen LogP contribution in [-0.2, 0) is 6.18 Å². The molecule has 1 aliphatic carbocycles. The van der Waals surface area contributed by atoms with Crippen molar-refractivity contribution in [2.75, 3.05) is 19.6 Å². The molecule has 10 heteroatoms. The van der Waals surface area contributed by atoms with Crippen LogP contribution in [0.5, 0.6) is 0 Å². The largest absolute Gasteiger partial charge is 0.416 e. The first-order chi connectivity index (χ1) is 17.9. The smallest absolute Gasteiger partial charge is 0.382 e. The number of amides is 1. The Morgan fingerprint density at radius 1 is 1.16 bits per heavy atom. The Bertz CT molecular complexity index is 1210. The van der Waals surface area contributed by atoms with E-state index in [1.807, 2.05) is 6.20 Å². The van der Waals surface area contributed by atoms with Crippen molar-refractivity contribution in [2.45, 2.75) is 69.6 Å². The van der Waals surface area contributed by atoms with Crippen LogP contribution in [0, 0.1) is 11.5 Å². The fourth-order valence-corrected chi connectivity index (χ4v) is 5.44. The minimum atomic E-state index is -4.48. The van der Waals surface area contributed by atoms with Crippen molar-refractivity contribution in [2.24, 2.45) is 0 Å². The molecule has 1 aromatic carbocycles. The summed E-state index contributed by atoms with van der Waals surface area (Å²) in [6.45, 7) is 12.7. The highest BCUT2D eigenvalue weighted by atomic mass is 28.3. The molecule has 2 heterocycles. The van der Waals surface area contributed by atoms with Gasteiger partial charge in [0.1, 0.15) is 8.07 Å². The summed E-state index contributed by atoms with van der Waals surface area (Å²) in [7, 11) is -1.40. The molecule has 2 N–H and O–H groups in total. The molecule has 2 fully saturated rings. The maximum absolute atomic E-state index is 12.9. The number of likely N-dealkylation sites (tertiary alicyclic amines) is 1. The SMILES string of the molecule is C=C(CNC(=O)c1cccc(C(F)(F)F)c1)NC1CN(C2CCC(n3cc(C#C[Si](C)(C)C)cn3)CC2)C1. The molecular weight excluding hydrogens is 507 g/mol. The molecule has 6 nitrogen and oxygen atoms in total. The molecule has 0 bridgehead atoms. The summed E-state index contributed by atoms with van der Waals surface area (Å²) in [5.74, 6) is 2.73. The van der Waals surface area contributed by atoms with Crippen LogP contribution in [0.3, 0.4) is 0 Å². The third-order valence-corrected chi connectivity index (χ3v) is 7.85. The molecule has 1 saturated heterocycles. The van der Waals surface area contributed by atoms with Crippen LogP contribution in [0.15, 0.2) is 48.9 Å². The van der Waals surface area contributed by atoms with Gasteiger partial charge in [0.05, 0.1) is 36.0 Å². The summed E-state index contributed by atoms with van der Waals surface area (Å²) >= 11 is 0. The number of benzene rings is 1. The van der Waals surface area contributed by atoms with Crippen LogP contribution in [-0.4, -0.2) is 60.4 Å². The van der Waals surface area contributed by atoms with Crippen LogP contribution < -0.4 is 10.6 Å². The van der Waals surface area contributed by atoms with E-state index in [-0.39, 0.29) is 18.2 Å². The van der Waals surface area contributed by atoms with Gasteiger partial charge < -0.3 is 10.6 Å². The average Bonchev–Trinajstić information content (AvgIpc) is 3.32. The predicted molar refractivity (Wildman–Crippen MR) is 145 cm³/mol. The molecule has 0 atom stereocenters. The Labute approximate surface area is 223 Å². The topological polar surface area (TPSA) is 62.2 Å². The van der Waals surface area contributed by atoms with Gasteiger partial charge in [-0.15, -0.1) is 5.54 Å². The van der Waals surface area contributed by atoms with Crippen molar-refractivity contribution in [3.63, 3.8) is 0 Å². The first-order valence-corrected chi connectivity index (χ1v) is 16.6. The fraction of sp³-hybridized carbons (Fsp3) is 0.500. The van der Waals surface area contributed by atoms with E-state index < -0.39 is 25.7 Å². The van der Waals surface area contributed by atoms with Crippen LogP contribution in [0.25, 0.3) is 0 Å². The zero-order chi connectivity index (χ0) is 27.5. The summed E-state index contributed by atoms with van der Waals surface area (Å²) < 4.78 is 40.8. The van der Waals surface area contributed by atoms with E-state index in [9.17, 15) is 18.0 Å². The van der Waals surface area contributed by atoms with Gasteiger partial charge in [-0.05, 0) is 43.9 Å². The van der Waals surface area contributed by atoms with Crippen LogP contribution in [0.1, 0.15) is 53.2 Å². The summed E-state index contributed by atoms with van der Waals surface area (Å²) in [5, 5.41) is 10.5. The molecule has 1 saturated carbocycles. The number of nitrogens with one attached hydrogen (secondary N) is 2. The van der Waals surface area contributed by atoms with Crippen LogP contribution in [0.2, 0.25) is 19.6 Å². The number of carbonyl (C=O) groups excluding carboxylic acids is 1. The third kappa shape index (κ3) is 7.51. The van der Waals surface area contributed by atoms with Gasteiger partial charge >= 0.3 is 6.18 Å². The lowest BCUT2D eigenvalue weighted by Crippen LogP contribution is -2.61. The molecule has 0 spiro atoms. The number of carbonyl (C=O) groups is 1. The highest BCUT2D eigenvalue weighted by molar-refractivity contribution is 6.83. The maximum Gasteiger partial charge on any atom is 0.416 e. The zero-order valence-corrected chi connectivity index (χ0v) is 23.2. The van der Waals surface area contributed by atoms with Gasteiger partial charge in [-0.2, -0.15) is 18.3 Å². The van der Waals surface area contributed by atoms with Gasteiger partial charge in [-0.3, -0.25) is 14.4 Å². The first-order valence-electron chi connectivity index (χ1n) is 13.1. The van der Waals surface area contributed by atoms with Gasteiger partial charge in [0.25, 0.3) is 5.91 Å². The van der Waals surface area contributed by atoms with Gasteiger partial charge in [0, 0.05) is 36.6 Å². The van der Waals surface area contributed by atoms with Crippen molar-refractivity contribution in [1.82, 2.24) is 25.3 Å². The molecule has 1 aromatic heterocycles. The predicted octanol–water partition coefficient (Wildman–Crippen LogP) is 4.83. The van der Waals surface area contributed by atoms with E-state index in [4.69, 9.17) is 0 Å². The molecule has 2 aliphatic rings. The maximum atomic E-state index is 12.9. The lowest BCUT2D eigenvalue weighted by Gasteiger charge is -2.47. The number of hydrogen-bond acceptors (Lipinski definition) is 4. The Hall–Kier alpha value is -3.03. The second-order valence-electron chi connectivity index (χ2n) is 11.3. The molecule has 38 heavy (non-hydrogen) atoms. The highest BCUT2D eigenvalue weighted by Gasteiger charge is 2.35. The van der Waals surface area contributed by atoms with Crippen molar-refractivity contribution < 1.29 is 18.0 Å². The third-order valence-electron chi connectivity index (χ3n) is 6.97. The zero-order valence-electron chi connectivity index (χ0n) is 22.2. The van der Waals surface area contributed by atoms with Gasteiger partial charge in [0.15, 0.2) is 0 Å². The van der Waals surface area contributed by atoms with Crippen LogP contribution >= 0.6 is 0 Å². The number of nitrogens with zero attached hydrogens (tertiary/aromatic N) is 3. The highest BCUT2D eigenvalue weighted by Crippen LogP contribution is 2.33. The monoisotopic (exact) mass is 543 g/mol. The minimum Gasteiger partial charge on any atom is -0.382 e. The standard InChI is InChI=1S/C28H36F3N5OSi/c1-20(15-32-27(37)22-6-5-7-23(14-22)28(29,30)31)34-24-18-35(19-24)25-8-10-26(11-9-25)36-17-21(16-33-36)12-13-38(2,3)4/h5-7,14,16-17,24-26,34H,1,8-11,15,18-19H2,2-4H3,(H,32,37). The first kappa shape index (κ1) is 28.0. The normalized spacial score (nSPS) is 20.7. The van der Waals surface area contributed by atoms with Crippen molar-refractivity contribution in [3.05, 3.63) is 65.6 Å². The summed E-state index contributed by atoms with van der Waals surface area (Å²) in [6, 6.07) is 5.64. The lowest BCUT2D eigenvalue weighted by atomic mass is 9.88. The quantitative estimate of drug-likeness (QED) is 0.388. The lowest BCUT2D eigenvalue weighted by molar-refractivity contribution is -0.137. The van der Waals surface area contributed by atoms with Gasteiger partial charge in [-0.25, -0.2) is 0 Å². The summed E-state index contributed by atoms with van der Waals surface area (Å²) in [4.78, 5) is 14.8. The molecule has 4 rings (SSSR count). The molecule has 1 amide bonds. The van der Waals surface area contributed by atoms with Crippen LogP contribution in [0.4, 0.5) is 13.2 Å². The molecular formula is C28H36F3N5OSi. The van der Waals surface area contributed by atoms with Crippen molar-refractivity contribution in [1.29, 1.82) is 0 Å². The minimum absolute atomic E-state index is 0.0242. The summed E-state index contributed by atoms with van der Waals surface area (Å²) in [6.07, 6.45) is 3.91. The van der Waals surface area contributed by atoms with Gasteiger partial charge in [0.2, 0.25) is 0 Å². The van der Waals surface area contributed by atoms with E-state index in [0.717, 1.165) is 56.5 Å². The Balaban J connectivity index is 1.15. The second-order valence-corrected chi connectivity index (χ2v) is 16.1. The van der Waals surface area contributed by atoms with E-state index in [0.29, 0.717) is 17.8 Å².